The molecule has 29 heavy (non-hydrogen) atoms. The van der Waals surface area contributed by atoms with E-state index in [4.69, 9.17) is 9.40 Å². The van der Waals surface area contributed by atoms with Gasteiger partial charge < -0.3 is 4.42 Å². The van der Waals surface area contributed by atoms with Crippen molar-refractivity contribution in [3.05, 3.63) is 91.0 Å². The van der Waals surface area contributed by atoms with E-state index >= 15 is 0 Å². The molecule has 0 spiro atoms. The van der Waals surface area contributed by atoms with Gasteiger partial charge in [-0.1, -0.05) is 36.4 Å². The van der Waals surface area contributed by atoms with Crippen molar-refractivity contribution in [3.63, 3.8) is 0 Å². The smallest absolute Gasteiger partial charge is 0.149 e. The largest absolute Gasteiger partial charge is 0.455 e. The Balaban J connectivity index is 1.76. The summed E-state index contributed by atoms with van der Waals surface area (Å²) in [6.07, 6.45) is 3.51. The maximum absolute atomic E-state index is 14.8. The summed E-state index contributed by atoms with van der Waals surface area (Å²) in [7, 11) is 0. The summed E-state index contributed by atoms with van der Waals surface area (Å²) in [5, 5.41) is 1.23. The highest BCUT2D eigenvalue weighted by atomic mass is 19.1. The van der Waals surface area contributed by atoms with Gasteiger partial charge in [0.2, 0.25) is 0 Å². The monoisotopic (exact) mass is 379 g/mol. The van der Waals surface area contributed by atoms with Crippen LogP contribution in [0.25, 0.3) is 50.0 Å². The van der Waals surface area contributed by atoms with Crippen LogP contribution < -0.4 is 0 Å². The topological polar surface area (TPSA) is 43.9 Å². The third-order valence-electron chi connectivity index (χ3n) is 5.19. The number of rotatable bonds is 2. The first kappa shape index (κ1) is 16.0. The molecule has 0 aliphatic heterocycles. The lowest BCUT2D eigenvalue weighted by Gasteiger charge is -2.09. The molecule has 0 bridgehead atoms. The van der Waals surface area contributed by atoms with Crippen LogP contribution in [0, 0.1) is 5.82 Å². The molecule has 138 valence electrons. The fourth-order valence-corrected chi connectivity index (χ4v) is 3.91. The second-order valence-electron chi connectivity index (χ2n) is 6.87. The number of pyridine rings is 1. The first-order valence-electron chi connectivity index (χ1n) is 9.29. The summed E-state index contributed by atoms with van der Waals surface area (Å²) in [6.45, 7) is 0. The molecule has 6 rings (SSSR count). The van der Waals surface area contributed by atoms with Gasteiger partial charge >= 0.3 is 0 Å². The lowest BCUT2D eigenvalue weighted by Crippen LogP contribution is -1.98. The van der Waals surface area contributed by atoms with Crippen molar-refractivity contribution in [2.75, 3.05) is 0 Å². The Hall–Kier alpha value is -3.99. The van der Waals surface area contributed by atoms with Crippen molar-refractivity contribution >= 4 is 33.0 Å². The van der Waals surface area contributed by atoms with Crippen molar-refractivity contribution in [1.82, 2.24) is 14.5 Å². The van der Waals surface area contributed by atoms with E-state index in [1.165, 1.54) is 6.07 Å². The Morgan fingerprint density at radius 2 is 1.69 bits per heavy atom. The molecule has 0 radical (unpaired) electrons. The molecular weight excluding hydrogens is 365 g/mol. The van der Waals surface area contributed by atoms with Crippen LogP contribution in [-0.2, 0) is 0 Å². The second kappa shape index (κ2) is 6.01. The fraction of sp³-hybridized carbons (Fsp3) is 0. The van der Waals surface area contributed by atoms with Crippen LogP contribution in [-0.4, -0.2) is 14.5 Å². The number of furan rings is 1. The van der Waals surface area contributed by atoms with Crippen molar-refractivity contribution in [2.24, 2.45) is 0 Å². The van der Waals surface area contributed by atoms with Gasteiger partial charge in [-0.2, -0.15) is 0 Å². The van der Waals surface area contributed by atoms with Crippen LogP contribution in [0.1, 0.15) is 0 Å². The highest BCUT2D eigenvalue weighted by Gasteiger charge is 2.21. The molecule has 0 aliphatic rings. The third kappa shape index (κ3) is 2.31. The fourth-order valence-electron chi connectivity index (χ4n) is 3.91. The van der Waals surface area contributed by atoms with Crippen molar-refractivity contribution in [3.8, 4) is 17.1 Å². The third-order valence-corrected chi connectivity index (χ3v) is 5.19. The molecule has 6 aromatic rings. The minimum absolute atomic E-state index is 0.308. The minimum atomic E-state index is -0.308. The van der Waals surface area contributed by atoms with Crippen LogP contribution >= 0.6 is 0 Å². The van der Waals surface area contributed by atoms with Gasteiger partial charge in [-0.25, -0.2) is 9.37 Å². The van der Waals surface area contributed by atoms with Gasteiger partial charge in [-0.05, 0) is 36.4 Å². The van der Waals surface area contributed by atoms with E-state index < -0.39 is 0 Å². The molecule has 5 heteroatoms. The molecule has 0 fully saturated rings. The first-order chi connectivity index (χ1) is 14.3. The highest BCUT2D eigenvalue weighted by molar-refractivity contribution is 6.09. The van der Waals surface area contributed by atoms with E-state index in [9.17, 15) is 4.39 Å². The molecule has 0 unspecified atom stereocenters. The Morgan fingerprint density at radius 3 is 2.59 bits per heavy atom. The SMILES string of the molecule is Fc1ccc(-c2nc3ccncc3n2-c2ccccc2)c2oc3ccccc3c12. The van der Waals surface area contributed by atoms with Gasteiger partial charge in [0.25, 0.3) is 0 Å². The van der Waals surface area contributed by atoms with Gasteiger partial charge in [-0.3, -0.25) is 9.55 Å². The average molecular weight is 379 g/mol. The van der Waals surface area contributed by atoms with Crippen LogP contribution in [0.15, 0.2) is 89.6 Å². The zero-order chi connectivity index (χ0) is 19.4. The zero-order valence-corrected chi connectivity index (χ0v) is 15.2. The number of hydrogen-bond acceptors (Lipinski definition) is 3. The summed E-state index contributed by atoms with van der Waals surface area (Å²) in [4.78, 5) is 9.12. The zero-order valence-electron chi connectivity index (χ0n) is 15.2. The van der Waals surface area contributed by atoms with Crippen LogP contribution in [0.5, 0.6) is 0 Å². The average Bonchev–Trinajstić information content (AvgIpc) is 3.34. The van der Waals surface area contributed by atoms with Crippen LogP contribution in [0.2, 0.25) is 0 Å². The van der Waals surface area contributed by atoms with E-state index in [2.05, 4.69) is 4.98 Å². The van der Waals surface area contributed by atoms with Gasteiger partial charge in [0.1, 0.15) is 22.8 Å². The number of para-hydroxylation sites is 2. The Labute approximate surface area is 164 Å². The summed E-state index contributed by atoms with van der Waals surface area (Å²) in [6, 6.07) is 22.5. The van der Waals surface area contributed by atoms with Crippen LogP contribution in [0.4, 0.5) is 4.39 Å². The lowest BCUT2D eigenvalue weighted by molar-refractivity contribution is 0.634. The molecule has 0 saturated heterocycles. The second-order valence-corrected chi connectivity index (χ2v) is 6.87. The van der Waals surface area contributed by atoms with Gasteiger partial charge in [-0.15, -0.1) is 0 Å². The number of hydrogen-bond donors (Lipinski definition) is 0. The number of aromatic nitrogens is 3. The summed E-state index contributed by atoms with van der Waals surface area (Å²) < 4.78 is 22.9. The Kier molecular flexibility index (Phi) is 3.32. The molecule has 4 nitrogen and oxygen atoms in total. The van der Waals surface area contributed by atoms with E-state index in [0.717, 1.165) is 27.7 Å². The normalized spacial score (nSPS) is 11.6. The van der Waals surface area contributed by atoms with E-state index in [0.29, 0.717) is 22.4 Å². The van der Waals surface area contributed by atoms with Crippen molar-refractivity contribution in [1.29, 1.82) is 0 Å². The number of halogens is 1. The number of benzene rings is 3. The van der Waals surface area contributed by atoms with E-state index in [-0.39, 0.29) is 5.82 Å². The maximum Gasteiger partial charge on any atom is 0.149 e. The molecule has 3 aromatic heterocycles. The standard InChI is InChI=1S/C24H14FN3O/c25-18-11-10-17(23-22(18)16-8-4-5-9-21(16)29-23)24-27-19-12-13-26-14-20(19)28(24)15-6-2-1-3-7-15/h1-14H. The van der Waals surface area contributed by atoms with Gasteiger partial charge in [0.15, 0.2) is 0 Å². The summed E-state index contributed by atoms with van der Waals surface area (Å²) in [5.74, 6) is 0.376. The van der Waals surface area contributed by atoms with Crippen molar-refractivity contribution in [2.45, 2.75) is 0 Å². The quantitative estimate of drug-likeness (QED) is 0.364. The molecular formula is C24H14FN3O. The molecule has 0 atom stereocenters. The predicted octanol–water partition coefficient (Wildman–Crippen LogP) is 6.13. The van der Waals surface area contributed by atoms with E-state index in [1.807, 2.05) is 65.2 Å². The molecule has 0 N–H and O–H groups in total. The van der Waals surface area contributed by atoms with Gasteiger partial charge in [0, 0.05) is 17.3 Å². The molecule has 0 aliphatic carbocycles. The number of imidazole rings is 1. The predicted molar refractivity (Wildman–Crippen MR) is 112 cm³/mol. The molecule has 0 amide bonds. The Bertz CT molecular complexity index is 1520. The maximum atomic E-state index is 14.8. The van der Waals surface area contributed by atoms with Gasteiger partial charge in [0.05, 0.1) is 28.2 Å². The first-order valence-corrected chi connectivity index (χ1v) is 9.29. The molecule has 3 heterocycles. The van der Waals surface area contributed by atoms with Crippen LogP contribution in [0.3, 0.4) is 0 Å². The number of fused-ring (bicyclic) bond motifs is 4. The molecule has 3 aromatic carbocycles. The lowest BCUT2D eigenvalue weighted by atomic mass is 10.1. The van der Waals surface area contributed by atoms with E-state index in [1.54, 1.807) is 18.5 Å². The summed E-state index contributed by atoms with van der Waals surface area (Å²) in [5.41, 5.74) is 4.52. The Morgan fingerprint density at radius 1 is 0.862 bits per heavy atom. The number of nitrogens with zero attached hydrogens (tertiary/aromatic N) is 3. The molecule has 0 saturated carbocycles. The highest BCUT2D eigenvalue weighted by Crippen LogP contribution is 2.38. The van der Waals surface area contributed by atoms with Crippen molar-refractivity contribution < 1.29 is 8.81 Å². The minimum Gasteiger partial charge on any atom is -0.455 e. The summed E-state index contributed by atoms with van der Waals surface area (Å²) >= 11 is 0.